The van der Waals surface area contributed by atoms with Crippen molar-refractivity contribution in [3.8, 4) is 0 Å². The molecular weight excluding hydrogens is 272 g/mol. The van der Waals surface area contributed by atoms with Crippen molar-refractivity contribution in [3.63, 3.8) is 0 Å². The molecule has 0 aliphatic heterocycles. The van der Waals surface area contributed by atoms with Gasteiger partial charge in [-0.2, -0.15) is 5.10 Å². The summed E-state index contributed by atoms with van der Waals surface area (Å²) in [6, 6.07) is 7.16. The topological polar surface area (TPSA) is 90.1 Å². The molecule has 1 aromatic carbocycles. The first-order valence-corrected chi connectivity index (χ1v) is 6.50. The molecule has 7 nitrogen and oxygen atoms in total. The molecule has 1 heterocycles. The zero-order valence-electron chi connectivity index (χ0n) is 11.8. The van der Waals surface area contributed by atoms with Gasteiger partial charge >= 0.3 is 5.69 Å². The average Bonchev–Trinajstić information content (AvgIpc) is 2.95. The van der Waals surface area contributed by atoms with Crippen LogP contribution in [0.15, 0.2) is 36.7 Å². The zero-order chi connectivity index (χ0) is 15.4. The van der Waals surface area contributed by atoms with E-state index in [4.69, 9.17) is 0 Å². The van der Waals surface area contributed by atoms with Crippen molar-refractivity contribution < 1.29 is 9.72 Å². The molecule has 2 rings (SSSR count). The number of hydrogen-bond acceptors (Lipinski definition) is 4. The third kappa shape index (κ3) is 3.44. The van der Waals surface area contributed by atoms with E-state index in [0.717, 1.165) is 17.3 Å². The van der Waals surface area contributed by atoms with Crippen LogP contribution in [0.5, 0.6) is 0 Å². The lowest BCUT2D eigenvalue weighted by atomic mass is 10.1. The SMILES string of the molecule is Cc1ccccc1CNC(=O)C(C)n1cc([N+](=O)[O-])cn1. The lowest BCUT2D eigenvalue weighted by Crippen LogP contribution is -2.31. The summed E-state index contributed by atoms with van der Waals surface area (Å²) in [5.74, 6) is -0.240. The van der Waals surface area contributed by atoms with Gasteiger partial charge in [-0.1, -0.05) is 24.3 Å². The molecule has 0 aliphatic rings. The molecule has 0 radical (unpaired) electrons. The minimum Gasteiger partial charge on any atom is -0.350 e. The number of nitro groups is 1. The second-order valence-corrected chi connectivity index (χ2v) is 4.76. The van der Waals surface area contributed by atoms with Gasteiger partial charge in [0.05, 0.1) is 4.92 Å². The van der Waals surface area contributed by atoms with Crippen LogP contribution in [0.2, 0.25) is 0 Å². The quantitative estimate of drug-likeness (QED) is 0.672. The number of carbonyl (C=O) groups is 1. The van der Waals surface area contributed by atoms with E-state index in [1.807, 2.05) is 31.2 Å². The third-order valence-corrected chi connectivity index (χ3v) is 3.29. The molecule has 0 aliphatic carbocycles. The second-order valence-electron chi connectivity index (χ2n) is 4.76. The minimum absolute atomic E-state index is 0.131. The van der Waals surface area contributed by atoms with E-state index in [1.54, 1.807) is 6.92 Å². The Labute approximate surface area is 121 Å². The summed E-state index contributed by atoms with van der Waals surface area (Å²) in [4.78, 5) is 22.1. The molecule has 1 aromatic heterocycles. The van der Waals surface area contributed by atoms with Gasteiger partial charge < -0.3 is 5.32 Å². The number of nitrogens with one attached hydrogen (secondary N) is 1. The van der Waals surface area contributed by atoms with Gasteiger partial charge in [0.1, 0.15) is 18.4 Å². The summed E-state index contributed by atoms with van der Waals surface area (Å²) in [6.45, 7) is 4.03. The summed E-state index contributed by atoms with van der Waals surface area (Å²) in [5.41, 5.74) is 2.00. The fourth-order valence-corrected chi connectivity index (χ4v) is 1.89. The van der Waals surface area contributed by atoms with Crippen LogP contribution in [0.3, 0.4) is 0 Å². The van der Waals surface area contributed by atoms with Crippen molar-refractivity contribution in [1.82, 2.24) is 15.1 Å². The Hall–Kier alpha value is -2.70. The van der Waals surface area contributed by atoms with E-state index in [2.05, 4.69) is 10.4 Å². The maximum Gasteiger partial charge on any atom is 0.307 e. The van der Waals surface area contributed by atoms with Crippen LogP contribution in [0, 0.1) is 17.0 Å². The molecule has 1 unspecified atom stereocenters. The molecule has 110 valence electrons. The zero-order valence-corrected chi connectivity index (χ0v) is 11.8. The highest BCUT2D eigenvalue weighted by atomic mass is 16.6. The van der Waals surface area contributed by atoms with Crippen molar-refractivity contribution in [2.24, 2.45) is 0 Å². The molecule has 0 saturated heterocycles. The number of carbonyl (C=O) groups excluding carboxylic acids is 1. The highest BCUT2D eigenvalue weighted by Gasteiger charge is 2.18. The van der Waals surface area contributed by atoms with Crippen LogP contribution in [0.25, 0.3) is 0 Å². The number of rotatable bonds is 5. The van der Waals surface area contributed by atoms with Crippen LogP contribution in [0.4, 0.5) is 5.69 Å². The van der Waals surface area contributed by atoms with E-state index in [1.165, 1.54) is 10.9 Å². The minimum atomic E-state index is -0.609. The van der Waals surface area contributed by atoms with E-state index < -0.39 is 11.0 Å². The number of hydrogen-bond donors (Lipinski definition) is 1. The Morgan fingerprint density at radius 2 is 2.19 bits per heavy atom. The van der Waals surface area contributed by atoms with Crippen molar-refractivity contribution in [2.45, 2.75) is 26.4 Å². The summed E-state index contributed by atoms with van der Waals surface area (Å²) in [6.07, 6.45) is 2.38. The van der Waals surface area contributed by atoms with Gasteiger partial charge in [-0.05, 0) is 25.0 Å². The summed E-state index contributed by atoms with van der Waals surface area (Å²) < 4.78 is 1.28. The largest absolute Gasteiger partial charge is 0.350 e. The maximum atomic E-state index is 12.1. The molecule has 1 N–H and O–H groups in total. The Morgan fingerprint density at radius 1 is 1.48 bits per heavy atom. The van der Waals surface area contributed by atoms with Crippen LogP contribution in [-0.2, 0) is 11.3 Å². The van der Waals surface area contributed by atoms with Gasteiger partial charge in [-0.25, -0.2) is 0 Å². The third-order valence-electron chi connectivity index (χ3n) is 3.29. The molecule has 2 aromatic rings. The fourth-order valence-electron chi connectivity index (χ4n) is 1.89. The lowest BCUT2D eigenvalue weighted by molar-refractivity contribution is -0.385. The van der Waals surface area contributed by atoms with Crippen LogP contribution in [0.1, 0.15) is 24.1 Å². The Morgan fingerprint density at radius 3 is 2.81 bits per heavy atom. The highest BCUT2D eigenvalue weighted by Crippen LogP contribution is 2.13. The Balaban J connectivity index is 1.99. The predicted octanol–water partition coefficient (Wildman–Crippen LogP) is 1.98. The van der Waals surface area contributed by atoms with E-state index >= 15 is 0 Å². The number of nitrogens with zero attached hydrogens (tertiary/aromatic N) is 3. The number of aryl methyl sites for hydroxylation is 1. The van der Waals surface area contributed by atoms with Crippen LogP contribution < -0.4 is 5.32 Å². The number of aromatic nitrogens is 2. The number of amides is 1. The standard InChI is InChI=1S/C14H16N4O3/c1-10-5-3-4-6-12(10)7-15-14(19)11(2)17-9-13(8-16-17)18(20)21/h3-6,8-9,11H,7H2,1-2H3,(H,15,19). The molecule has 1 atom stereocenters. The fraction of sp³-hybridized carbons (Fsp3) is 0.286. The molecule has 0 fully saturated rings. The smallest absolute Gasteiger partial charge is 0.307 e. The molecule has 1 amide bonds. The van der Waals surface area contributed by atoms with Gasteiger partial charge in [0.2, 0.25) is 5.91 Å². The predicted molar refractivity (Wildman–Crippen MR) is 76.6 cm³/mol. The van der Waals surface area contributed by atoms with Crippen molar-refractivity contribution >= 4 is 11.6 Å². The van der Waals surface area contributed by atoms with Crippen LogP contribution in [-0.4, -0.2) is 20.6 Å². The normalized spacial score (nSPS) is 11.9. The monoisotopic (exact) mass is 288 g/mol. The first-order chi connectivity index (χ1) is 9.99. The maximum absolute atomic E-state index is 12.1. The molecular formula is C14H16N4O3. The Bertz CT molecular complexity index is 666. The van der Waals surface area contributed by atoms with Crippen molar-refractivity contribution in [1.29, 1.82) is 0 Å². The average molecular weight is 288 g/mol. The van der Waals surface area contributed by atoms with E-state index in [9.17, 15) is 14.9 Å². The Kier molecular flexibility index (Phi) is 4.32. The molecule has 0 spiro atoms. The van der Waals surface area contributed by atoms with Gasteiger partial charge in [-0.15, -0.1) is 0 Å². The van der Waals surface area contributed by atoms with E-state index in [0.29, 0.717) is 6.54 Å². The van der Waals surface area contributed by atoms with Gasteiger partial charge in [0.15, 0.2) is 0 Å². The van der Waals surface area contributed by atoms with Gasteiger partial charge in [-0.3, -0.25) is 19.6 Å². The molecule has 21 heavy (non-hydrogen) atoms. The molecule has 7 heteroatoms. The molecule has 0 bridgehead atoms. The number of benzene rings is 1. The van der Waals surface area contributed by atoms with Crippen molar-refractivity contribution in [3.05, 3.63) is 57.9 Å². The summed E-state index contributed by atoms with van der Waals surface area (Å²) >= 11 is 0. The van der Waals surface area contributed by atoms with Crippen molar-refractivity contribution in [2.75, 3.05) is 0 Å². The van der Waals surface area contributed by atoms with E-state index in [-0.39, 0.29) is 11.6 Å². The van der Waals surface area contributed by atoms with Gasteiger partial charge in [0.25, 0.3) is 0 Å². The lowest BCUT2D eigenvalue weighted by Gasteiger charge is -2.13. The first kappa shape index (κ1) is 14.7. The molecule has 0 saturated carbocycles. The first-order valence-electron chi connectivity index (χ1n) is 6.50. The van der Waals surface area contributed by atoms with Gasteiger partial charge in [0, 0.05) is 6.54 Å². The highest BCUT2D eigenvalue weighted by molar-refractivity contribution is 5.79. The summed E-state index contributed by atoms with van der Waals surface area (Å²) in [7, 11) is 0. The second kappa shape index (κ2) is 6.17. The summed E-state index contributed by atoms with van der Waals surface area (Å²) in [5, 5.41) is 17.3. The van der Waals surface area contributed by atoms with Crippen LogP contribution >= 0.6 is 0 Å².